The van der Waals surface area contributed by atoms with Crippen LogP contribution >= 0.6 is 0 Å². The number of carboxylic acids is 1. The van der Waals surface area contributed by atoms with Crippen LogP contribution in [0.25, 0.3) is 0 Å². The largest absolute Gasteiger partial charge is 0.481 e. The Labute approximate surface area is 94.7 Å². The number of benzene rings is 1. The number of nitrogens with zero attached hydrogens (tertiary/aromatic N) is 2. The van der Waals surface area contributed by atoms with E-state index in [2.05, 4.69) is 6.07 Å². The van der Waals surface area contributed by atoms with Crippen LogP contribution in [-0.2, 0) is 4.79 Å². The molecular weight excluding hydrogens is 204 g/mol. The molecule has 0 fully saturated rings. The summed E-state index contributed by atoms with van der Waals surface area (Å²) in [4.78, 5) is 12.4. The molecule has 1 aromatic carbocycles. The average Bonchev–Trinajstić information content (AvgIpc) is 2.30. The summed E-state index contributed by atoms with van der Waals surface area (Å²) in [5.41, 5.74) is 1.38. The van der Waals surface area contributed by atoms with Gasteiger partial charge in [0.05, 0.1) is 17.7 Å². The lowest BCUT2D eigenvalue weighted by atomic mass is 10.1. The second kappa shape index (κ2) is 5.76. The number of para-hydroxylation sites is 1. The summed E-state index contributed by atoms with van der Waals surface area (Å²) >= 11 is 0. The van der Waals surface area contributed by atoms with Crippen LogP contribution in [0.4, 0.5) is 5.69 Å². The highest BCUT2D eigenvalue weighted by Crippen LogP contribution is 2.19. The molecule has 0 amide bonds. The molecular formula is C12H14N2O2. The van der Waals surface area contributed by atoms with E-state index in [1.54, 1.807) is 12.1 Å². The first-order valence-electron chi connectivity index (χ1n) is 5.15. The fourth-order valence-electron chi connectivity index (χ4n) is 1.52. The van der Waals surface area contributed by atoms with Gasteiger partial charge in [-0.05, 0) is 19.1 Å². The second-order valence-corrected chi connectivity index (χ2v) is 3.35. The summed E-state index contributed by atoms with van der Waals surface area (Å²) in [5, 5.41) is 17.6. The van der Waals surface area contributed by atoms with E-state index < -0.39 is 5.97 Å². The number of hydrogen-bond donors (Lipinski definition) is 1. The van der Waals surface area contributed by atoms with Crippen molar-refractivity contribution in [3.05, 3.63) is 29.8 Å². The van der Waals surface area contributed by atoms with Crippen LogP contribution in [0.2, 0.25) is 0 Å². The van der Waals surface area contributed by atoms with Gasteiger partial charge in [0.25, 0.3) is 0 Å². The molecule has 0 saturated carbocycles. The Bertz CT molecular complexity index is 410. The fraction of sp³-hybridized carbons (Fsp3) is 0.333. The number of hydrogen-bond acceptors (Lipinski definition) is 3. The number of aliphatic carboxylic acids is 1. The lowest BCUT2D eigenvalue weighted by molar-refractivity contribution is -0.136. The van der Waals surface area contributed by atoms with Crippen LogP contribution in [0.15, 0.2) is 24.3 Å². The summed E-state index contributed by atoms with van der Waals surface area (Å²) in [7, 11) is 0. The summed E-state index contributed by atoms with van der Waals surface area (Å²) < 4.78 is 0. The predicted molar refractivity (Wildman–Crippen MR) is 61.3 cm³/mol. The third-order valence-electron chi connectivity index (χ3n) is 2.34. The average molecular weight is 218 g/mol. The summed E-state index contributed by atoms with van der Waals surface area (Å²) in [6.07, 6.45) is 0.0770. The molecule has 0 saturated heterocycles. The minimum Gasteiger partial charge on any atom is -0.481 e. The smallest absolute Gasteiger partial charge is 0.305 e. The van der Waals surface area contributed by atoms with Crippen molar-refractivity contribution < 1.29 is 9.90 Å². The Kier molecular flexibility index (Phi) is 4.34. The zero-order valence-corrected chi connectivity index (χ0v) is 9.18. The van der Waals surface area contributed by atoms with E-state index in [1.807, 2.05) is 24.0 Å². The molecule has 1 aromatic rings. The Balaban J connectivity index is 2.86. The van der Waals surface area contributed by atoms with Gasteiger partial charge in [-0.1, -0.05) is 12.1 Å². The van der Waals surface area contributed by atoms with Crippen molar-refractivity contribution in [3.8, 4) is 6.07 Å². The van der Waals surface area contributed by atoms with Crippen LogP contribution < -0.4 is 4.90 Å². The molecule has 0 aliphatic rings. The molecule has 4 nitrogen and oxygen atoms in total. The maximum Gasteiger partial charge on any atom is 0.305 e. The molecule has 1 rings (SSSR count). The molecule has 4 heteroatoms. The Hall–Kier alpha value is -2.02. The van der Waals surface area contributed by atoms with E-state index in [4.69, 9.17) is 10.4 Å². The monoisotopic (exact) mass is 218 g/mol. The molecule has 0 aromatic heterocycles. The summed E-state index contributed by atoms with van der Waals surface area (Å²) in [5.74, 6) is -0.826. The normalized spacial score (nSPS) is 9.50. The van der Waals surface area contributed by atoms with Crippen molar-refractivity contribution in [1.29, 1.82) is 5.26 Å². The minimum absolute atomic E-state index is 0.0770. The van der Waals surface area contributed by atoms with E-state index in [-0.39, 0.29) is 6.42 Å². The molecule has 0 aliphatic carbocycles. The maximum absolute atomic E-state index is 10.5. The first-order chi connectivity index (χ1) is 7.69. The molecule has 84 valence electrons. The van der Waals surface area contributed by atoms with Crippen molar-refractivity contribution in [3.63, 3.8) is 0 Å². The van der Waals surface area contributed by atoms with Gasteiger partial charge in [-0.25, -0.2) is 0 Å². The lowest BCUT2D eigenvalue weighted by Crippen LogP contribution is -2.26. The molecule has 0 heterocycles. The highest BCUT2D eigenvalue weighted by molar-refractivity contribution is 5.68. The van der Waals surface area contributed by atoms with Gasteiger partial charge in [-0.2, -0.15) is 5.26 Å². The minimum atomic E-state index is -0.826. The van der Waals surface area contributed by atoms with E-state index in [0.29, 0.717) is 18.7 Å². The molecule has 1 N–H and O–H groups in total. The zero-order valence-electron chi connectivity index (χ0n) is 9.18. The quantitative estimate of drug-likeness (QED) is 0.819. The number of carboxylic acid groups (broad SMARTS) is 1. The van der Waals surface area contributed by atoms with Crippen LogP contribution in [0.1, 0.15) is 18.9 Å². The van der Waals surface area contributed by atoms with Gasteiger partial charge in [0.1, 0.15) is 6.07 Å². The number of anilines is 1. The van der Waals surface area contributed by atoms with Crippen LogP contribution in [0, 0.1) is 11.3 Å². The Morgan fingerprint density at radius 3 is 2.75 bits per heavy atom. The van der Waals surface area contributed by atoms with Gasteiger partial charge in [0.2, 0.25) is 0 Å². The van der Waals surface area contributed by atoms with Crippen molar-refractivity contribution >= 4 is 11.7 Å². The number of rotatable bonds is 5. The molecule has 16 heavy (non-hydrogen) atoms. The van der Waals surface area contributed by atoms with Gasteiger partial charge in [-0.15, -0.1) is 0 Å². The lowest BCUT2D eigenvalue weighted by Gasteiger charge is -2.23. The first kappa shape index (κ1) is 12.1. The maximum atomic E-state index is 10.5. The number of nitriles is 1. The predicted octanol–water partition coefficient (Wildman–Crippen LogP) is 1.86. The Morgan fingerprint density at radius 1 is 1.50 bits per heavy atom. The standard InChI is InChI=1S/C12H14N2O2/c1-2-14(8-7-12(15)16)11-6-4-3-5-10(11)9-13/h3-6H,2,7-8H2,1H3,(H,15,16). The highest BCUT2D eigenvalue weighted by atomic mass is 16.4. The van der Waals surface area contributed by atoms with Gasteiger partial charge in [-0.3, -0.25) is 4.79 Å². The second-order valence-electron chi connectivity index (χ2n) is 3.35. The van der Waals surface area contributed by atoms with Gasteiger partial charge in [0.15, 0.2) is 0 Å². The van der Waals surface area contributed by atoms with Crippen molar-refractivity contribution in [2.45, 2.75) is 13.3 Å². The SMILES string of the molecule is CCN(CCC(=O)O)c1ccccc1C#N. The third-order valence-corrected chi connectivity index (χ3v) is 2.34. The van der Waals surface area contributed by atoms with Crippen molar-refractivity contribution in [2.75, 3.05) is 18.0 Å². The van der Waals surface area contributed by atoms with Crippen LogP contribution in [0.5, 0.6) is 0 Å². The third kappa shape index (κ3) is 2.99. The summed E-state index contributed by atoms with van der Waals surface area (Å²) in [6, 6.07) is 9.33. The zero-order chi connectivity index (χ0) is 12.0. The van der Waals surface area contributed by atoms with Gasteiger partial charge < -0.3 is 10.0 Å². The molecule has 0 atom stereocenters. The number of carbonyl (C=O) groups is 1. The molecule has 0 bridgehead atoms. The molecule has 0 spiro atoms. The molecule has 0 aliphatic heterocycles. The van der Waals surface area contributed by atoms with E-state index in [0.717, 1.165) is 5.69 Å². The first-order valence-corrected chi connectivity index (χ1v) is 5.15. The van der Waals surface area contributed by atoms with Gasteiger partial charge in [0, 0.05) is 13.1 Å². The topological polar surface area (TPSA) is 64.3 Å². The van der Waals surface area contributed by atoms with E-state index in [1.165, 1.54) is 0 Å². The summed E-state index contributed by atoms with van der Waals surface area (Å²) in [6.45, 7) is 3.05. The fourth-order valence-corrected chi connectivity index (χ4v) is 1.52. The van der Waals surface area contributed by atoms with E-state index in [9.17, 15) is 4.79 Å². The molecule has 0 unspecified atom stereocenters. The Morgan fingerprint density at radius 2 is 2.19 bits per heavy atom. The van der Waals surface area contributed by atoms with Crippen molar-refractivity contribution in [1.82, 2.24) is 0 Å². The highest BCUT2D eigenvalue weighted by Gasteiger charge is 2.10. The van der Waals surface area contributed by atoms with Gasteiger partial charge >= 0.3 is 5.97 Å². The van der Waals surface area contributed by atoms with E-state index >= 15 is 0 Å². The van der Waals surface area contributed by atoms with Crippen molar-refractivity contribution in [2.24, 2.45) is 0 Å². The van der Waals surface area contributed by atoms with Crippen LogP contribution in [-0.4, -0.2) is 24.2 Å². The molecule has 0 radical (unpaired) electrons. The van der Waals surface area contributed by atoms with Crippen LogP contribution in [0.3, 0.4) is 0 Å².